The van der Waals surface area contributed by atoms with E-state index in [0.717, 1.165) is 38.4 Å². The summed E-state index contributed by atoms with van der Waals surface area (Å²) in [6, 6.07) is 16.4. The molecule has 0 atom stereocenters. The summed E-state index contributed by atoms with van der Waals surface area (Å²) in [5, 5.41) is 6.66. The van der Waals surface area contributed by atoms with Gasteiger partial charge in [-0.3, -0.25) is 4.79 Å². The van der Waals surface area contributed by atoms with E-state index in [9.17, 15) is 13.6 Å². The molecule has 0 aliphatic carbocycles. The number of benzene rings is 2. The number of hydrogen-bond acceptors (Lipinski definition) is 7. The number of carbonyl (C=O) groups is 1. The van der Waals surface area contributed by atoms with Gasteiger partial charge in [0.2, 0.25) is 0 Å². The number of nitrogens with two attached hydrogens (primary N) is 1. The number of nitrogen functional groups attached to an aromatic ring is 1. The van der Waals surface area contributed by atoms with Crippen LogP contribution in [0.25, 0.3) is 21.3 Å². The number of nitrogens with one attached hydrogen (secondary N) is 2. The number of thiophene rings is 1. The highest BCUT2D eigenvalue weighted by Crippen LogP contribution is 2.31. The van der Waals surface area contributed by atoms with E-state index in [-0.39, 0.29) is 12.1 Å². The SMILES string of the molecule is Nc1ncnc2ccc(-c3ccc(CNc4ncccc4C(=O)NCc4ccc(F)cc4F)s3)cc12. The van der Waals surface area contributed by atoms with Gasteiger partial charge in [0.25, 0.3) is 5.91 Å². The Morgan fingerprint density at radius 2 is 1.86 bits per heavy atom. The molecule has 0 saturated carbocycles. The summed E-state index contributed by atoms with van der Waals surface area (Å²) >= 11 is 1.60. The molecule has 0 spiro atoms. The molecule has 0 unspecified atom stereocenters. The second kappa shape index (κ2) is 10.0. The number of rotatable bonds is 7. The Labute approximate surface area is 209 Å². The molecule has 0 saturated heterocycles. The summed E-state index contributed by atoms with van der Waals surface area (Å²) < 4.78 is 27.0. The molecule has 0 aliphatic heterocycles. The van der Waals surface area contributed by atoms with E-state index in [0.29, 0.717) is 23.7 Å². The van der Waals surface area contributed by atoms with Crippen molar-refractivity contribution in [3.63, 3.8) is 0 Å². The van der Waals surface area contributed by atoms with Crippen LogP contribution in [0.5, 0.6) is 0 Å². The average molecular weight is 503 g/mol. The molecule has 0 radical (unpaired) electrons. The van der Waals surface area contributed by atoms with E-state index >= 15 is 0 Å². The third-order valence-corrected chi connectivity index (χ3v) is 6.68. The average Bonchev–Trinajstić information content (AvgIpc) is 3.36. The zero-order chi connectivity index (χ0) is 25.1. The van der Waals surface area contributed by atoms with Gasteiger partial charge in [-0.15, -0.1) is 11.3 Å². The maximum atomic E-state index is 13.9. The van der Waals surface area contributed by atoms with E-state index in [1.54, 1.807) is 29.7 Å². The summed E-state index contributed by atoms with van der Waals surface area (Å²) in [6.45, 7) is 0.377. The predicted octanol–water partition coefficient (Wildman–Crippen LogP) is 5.16. The number of carbonyl (C=O) groups excluding carboxylic acids is 1. The highest BCUT2D eigenvalue weighted by molar-refractivity contribution is 7.15. The lowest BCUT2D eigenvalue weighted by atomic mass is 10.1. The molecule has 36 heavy (non-hydrogen) atoms. The molecule has 3 aromatic heterocycles. The minimum absolute atomic E-state index is 0.0745. The number of amides is 1. The molecule has 10 heteroatoms. The summed E-state index contributed by atoms with van der Waals surface area (Å²) in [4.78, 5) is 27.4. The summed E-state index contributed by atoms with van der Waals surface area (Å²) in [5.74, 6) is -0.965. The van der Waals surface area contributed by atoms with Crippen molar-refractivity contribution >= 4 is 39.8 Å². The summed E-state index contributed by atoms with van der Waals surface area (Å²) in [7, 11) is 0. The molecule has 5 rings (SSSR count). The Balaban J connectivity index is 1.27. The molecule has 2 aromatic carbocycles. The maximum absolute atomic E-state index is 13.9. The summed E-state index contributed by atoms with van der Waals surface area (Å²) in [6.07, 6.45) is 3.03. The van der Waals surface area contributed by atoms with Gasteiger partial charge in [0.05, 0.1) is 17.6 Å². The zero-order valence-electron chi connectivity index (χ0n) is 18.8. The molecule has 1 amide bonds. The fraction of sp³-hybridized carbons (Fsp3) is 0.0769. The van der Waals surface area contributed by atoms with Crippen LogP contribution in [0, 0.1) is 11.6 Å². The third kappa shape index (κ3) is 4.98. The first-order chi connectivity index (χ1) is 17.5. The Kier molecular flexibility index (Phi) is 6.50. The van der Waals surface area contributed by atoms with Crippen molar-refractivity contribution < 1.29 is 13.6 Å². The number of fused-ring (bicyclic) bond motifs is 1. The first-order valence-corrected chi connectivity index (χ1v) is 11.8. The second-order valence-electron chi connectivity index (χ2n) is 7.93. The number of halogens is 2. The largest absolute Gasteiger partial charge is 0.383 e. The topological polar surface area (TPSA) is 106 Å². The van der Waals surface area contributed by atoms with Gasteiger partial charge in [0, 0.05) is 39.5 Å². The molecule has 0 bridgehead atoms. The molecule has 7 nitrogen and oxygen atoms in total. The Morgan fingerprint density at radius 3 is 2.72 bits per heavy atom. The van der Waals surface area contributed by atoms with Crippen LogP contribution in [0.3, 0.4) is 0 Å². The highest BCUT2D eigenvalue weighted by Gasteiger charge is 2.14. The molecule has 4 N–H and O–H groups in total. The van der Waals surface area contributed by atoms with Gasteiger partial charge in [-0.1, -0.05) is 12.1 Å². The number of anilines is 2. The van der Waals surface area contributed by atoms with Crippen molar-refractivity contribution in [2.75, 3.05) is 11.1 Å². The monoisotopic (exact) mass is 502 g/mol. The Bertz CT molecular complexity index is 1570. The Morgan fingerprint density at radius 1 is 0.972 bits per heavy atom. The van der Waals surface area contributed by atoms with Gasteiger partial charge >= 0.3 is 0 Å². The van der Waals surface area contributed by atoms with Gasteiger partial charge in [-0.05, 0) is 48.0 Å². The normalized spacial score (nSPS) is 10.9. The predicted molar refractivity (Wildman–Crippen MR) is 136 cm³/mol. The van der Waals surface area contributed by atoms with Crippen molar-refractivity contribution in [2.45, 2.75) is 13.1 Å². The standard InChI is InChI=1S/C26H20F2N6OS/c27-17-5-3-16(21(28)11-17)12-32-26(35)19-2-1-9-30-25(19)31-13-18-6-8-23(36-18)15-4-7-22-20(10-15)24(29)34-14-33-22/h1-11,14H,12-13H2,(H,30,31)(H,32,35)(H2,29,33,34). The van der Waals surface area contributed by atoms with Gasteiger partial charge in [-0.25, -0.2) is 23.7 Å². The lowest BCUT2D eigenvalue weighted by Crippen LogP contribution is -2.24. The summed E-state index contributed by atoms with van der Waals surface area (Å²) in [5.41, 5.74) is 8.30. The van der Waals surface area contributed by atoms with Gasteiger partial charge in [0.1, 0.15) is 29.6 Å². The number of hydrogen-bond donors (Lipinski definition) is 3. The number of aromatic nitrogens is 3. The lowest BCUT2D eigenvalue weighted by molar-refractivity contribution is 0.0951. The van der Waals surface area contributed by atoms with Gasteiger partial charge in [-0.2, -0.15) is 0 Å². The van der Waals surface area contributed by atoms with Crippen LogP contribution < -0.4 is 16.4 Å². The quantitative estimate of drug-likeness (QED) is 0.284. The molecular formula is C26H20F2N6OS. The first kappa shape index (κ1) is 23.3. The Hall–Kier alpha value is -4.44. The van der Waals surface area contributed by atoms with Crippen LogP contribution in [0.4, 0.5) is 20.4 Å². The van der Waals surface area contributed by atoms with Crippen molar-refractivity contribution in [3.8, 4) is 10.4 Å². The van der Waals surface area contributed by atoms with Crippen LogP contribution in [0.2, 0.25) is 0 Å². The van der Waals surface area contributed by atoms with E-state index in [1.165, 1.54) is 12.4 Å². The molecule has 0 aliphatic rings. The van der Waals surface area contributed by atoms with Crippen LogP contribution in [0.1, 0.15) is 20.8 Å². The fourth-order valence-electron chi connectivity index (χ4n) is 3.69. The van der Waals surface area contributed by atoms with Crippen LogP contribution in [-0.4, -0.2) is 20.9 Å². The van der Waals surface area contributed by atoms with Crippen LogP contribution in [-0.2, 0) is 13.1 Å². The molecule has 3 heterocycles. The molecular weight excluding hydrogens is 482 g/mol. The van der Waals surface area contributed by atoms with E-state index in [4.69, 9.17) is 5.73 Å². The van der Waals surface area contributed by atoms with Crippen LogP contribution >= 0.6 is 11.3 Å². The van der Waals surface area contributed by atoms with E-state index < -0.39 is 17.5 Å². The minimum Gasteiger partial charge on any atom is -0.383 e. The van der Waals surface area contributed by atoms with Gasteiger partial charge < -0.3 is 16.4 Å². The number of nitrogens with zero attached hydrogens (tertiary/aromatic N) is 3. The minimum atomic E-state index is -0.713. The first-order valence-electron chi connectivity index (χ1n) is 11.0. The maximum Gasteiger partial charge on any atom is 0.255 e. The molecule has 180 valence electrons. The third-order valence-electron chi connectivity index (χ3n) is 5.55. The second-order valence-corrected chi connectivity index (χ2v) is 9.10. The number of pyridine rings is 1. The van der Waals surface area contributed by atoms with Crippen molar-refractivity contribution in [1.82, 2.24) is 20.3 Å². The fourth-order valence-corrected chi connectivity index (χ4v) is 4.64. The van der Waals surface area contributed by atoms with E-state index in [2.05, 4.69) is 25.6 Å². The van der Waals surface area contributed by atoms with Crippen LogP contribution in [0.15, 0.2) is 73.2 Å². The van der Waals surface area contributed by atoms with Crippen molar-refractivity contribution in [1.29, 1.82) is 0 Å². The van der Waals surface area contributed by atoms with E-state index in [1.807, 2.05) is 30.3 Å². The lowest BCUT2D eigenvalue weighted by Gasteiger charge is -2.11. The highest BCUT2D eigenvalue weighted by atomic mass is 32.1. The molecule has 0 fully saturated rings. The van der Waals surface area contributed by atoms with Crippen molar-refractivity contribution in [2.24, 2.45) is 0 Å². The smallest absolute Gasteiger partial charge is 0.255 e. The van der Waals surface area contributed by atoms with Crippen molar-refractivity contribution in [3.05, 3.63) is 101 Å². The molecule has 5 aromatic rings. The zero-order valence-corrected chi connectivity index (χ0v) is 19.7. The van der Waals surface area contributed by atoms with Gasteiger partial charge in [0.15, 0.2) is 0 Å².